The van der Waals surface area contributed by atoms with Crippen LogP contribution in [0.15, 0.2) is 29.2 Å². The van der Waals surface area contributed by atoms with Crippen molar-refractivity contribution >= 4 is 29.1 Å². The van der Waals surface area contributed by atoms with E-state index in [1.807, 2.05) is 30.8 Å². The Bertz CT molecular complexity index is 537. The van der Waals surface area contributed by atoms with Gasteiger partial charge in [-0.1, -0.05) is 11.6 Å². The molecule has 2 rings (SSSR count). The number of hydrogen-bond acceptors (Lipinski definition) is 3. The highest BCUT2D eigenvalue weighted by Gasteiger charge is 2.05. The van der Waals surface area contributed by atoms with Gasteiger partial charge in [0.25, 0.3) is 0 Å². The van der Waals surface area contributed by atoms with Gasteiger partial charge in [-0.05, 0) is 31.2 Å². The molecule has 1 heterocycles. The molecule has 0 saturated heterocycles. The van der Waals surface area contributed by atoms with Crippen molar-refractivity contribution in [3.05, 3.63) is 40.7 Å². The third-order valence-electron chi connectivity index (χ3n) is 2.45. The first-order chi connectivity index (χ1) is 8.06. The van der Waals surface area contributed by atoms with Crippen molar-refractivity contribution in [3.8, 4) is 0 Å². The molecule has 2 aromatic rings. The molecule has 0 amide bonds. The van der Waals surface area contributed by atoms with Crippen LogP contribution in [-0.4, -0.2) is 9.78 Å². The zero-order valence-corrected chi connectivity index (χ0v) is 11.3. The second kappa shape index (κ2) is 5.02. The van der Waals surface area contributed by atoms with Crippen LogP contribution in [0.2, 0.25) is 5.02 Å². The molecule has 0 spiro atoms. The summed E-state index contributed by atoms with van der Waals surface area (Å²) in [5, 5.41) is 5.02. The number of aromatic nitrogens is 2. The average Bonchev–Trinajstić information content (AvgIpc) is 2.59. The maximum absolute atomic E-state index is 5.95. The van der Waals surface area contributed by atoms with Crippen LogP contribution in [-0.2, 0) is 12.8 Å². The van der Waals surface area contributed by atoms with Crippen molar-refractivity contribution in [1.82, 2.24) is 9.78 Å². The first kappa shape index (κ1) is 12.3. The standard InChI is InChI=1S/C12H14ClN3S/c1-8-5-10(16(2)15-8)7-17-12-6-9(13)3-4-11(12)14/h3-6H,7,14H2,1-2H3. The number of thioether (sulfide) groups is 1. The molecule has 1 aromatic carbocycles. The number of nitrogens with zero attached hydrogens (tertiary/aromatic N) is 2. The van der Waals surface area contributed by atoms with E-state index in [2.05, 4.69) is 11.2 Å². The van der Waals surface area contributed by atoms with Gasteiger partial charge in [0.2, 0.25) is 0 Å². The predicted octanol–water partition coefficient (Wildman–Crippen LogP) is 3.26. The van der Waals surface area contributed by atoms with Crippen molar-refractivity contribution in [1.29, 1.82) is 0 Å². The second-order valence-electron chi connectivity index (χ2n) is 3.87. The number of halogens is 1. The summed E-state index contributed by atoms with van der Waals surface area (Å²) in [6.07, 6.45) is 0. The van der Waals surface area contributed by atoms with Crippen molar-refractivity contribution in [2.24, 2.45) is 7.05 Å². The predicted molar refractivity (Wildman–Crippen MR) is 73.4 cm³/mol. The van der Waals surface area contributed by atoms with Gasteiger partial charge in [-0.25, -0.2) is 0 Å². The molecule has 5 heteroatoms. The summed E-state index contributed by atoms with van der Waals surface area (Å²) in [7, 11) is 1.95. The van der Waals surface area contributed by atoms with Gasteiger partial charge in [0.1, 0.15) is 0 Å². The summed E-state index contributed by atoms with van der Waals surface area (Å²) in [4.78, 5) is 1.01. The molecule has 2 N–H and O–H groups in total. The zero-order valence-electron chi connectivity index (χ0n) is 9.77. The maximum Gasteiger partial charge on any atom is 0.0596 e. The Morgan fingerprint density at radius 2 is 2.18 bits per heavy atom. The minimum Gasteiger partial charge on any atom is -0.398 e. The van der Waals surface area contributed by atoms with Crippen molar-refractivity contribution < 1.29 is 0 Å². The molecule has 0 saturated carbocycles. The molecular formula is C12H14ClN3S. The number of nitrogens with two attached hydrogens (primary N) is 1. The minimum atomic E-state index is 0.711. The van der Waals surface area contributed by atoms with Crippen LogP contribution in [0.5, 0.6) is 0 Å². The quantitative estimate of drug-likeness (QED) is 0.686. The number of rotatable bonds is 3. The van der Waals surface area contributed by atoms with Crippen LogP contribution in [0.3, 0.4) is 0 Å². The monoisotopic (exact) mass is 267 g/mol. The number of benzene rings is 1. The second-order valence-corrected chi connectivity index (χ2v) is 5.33. The Morgan fingerprint density at radius 3 is 2.82 bits per heavy atom. The molecule has 90 valence electrons. The normalized spacial score (nSPS) is 10.8. The lowest BCUT2D eigenvalue weighted by Gasteiger charge is -2.06. The molecule has 0 unspecified atom stereocenters. The largest absolute Gasteiger partial charge is 0.398 e. The highest BCUT2D eigenvalue weighted by Crippen LogP contribution is 2.30. The van der Waals surface area contributed by atoms with E-state index in [1.165, 1.54) is 5.69 Å². The lowest BCUT2D eigenvalue weighted by atomic mass is 10.3. The van der Waals surface area contributed by atoms with Gasteiger partial charge in [-0.15, -0.1) is 11.8 Å². The highest BCUT2D eigenvalue weighted by atomic mass is 35.5. The molecule has 0 radical (unpaired) electrons. The number of hydrogen-bond donors (Lipinski definition) is 1. The molecule has 0 atom stereocenters. The highest BCUT2D eigenvalue weighted by molar-refractivity contribution is 7.98. The van der Waals surface area contributed by atoms with Crippen molar-refractivity contribution in [2.45, 2.75) is 17.6 Å². The zero-order chi connectivity index (χ0) is 12.4. The Labute approximate surface area is 110 Å². The van der Waals surface area contributed by atoms with E-state index >= 15 is 0 Å². The molecule has 0 aliphatic heterocycles. The molecular weight excluding hydrogens is 254 g/mol. The molecule has 0 fully saturated rings. The fraction of sp³-hybridized carbons (Fsp3) is 0.250. The molecule has 0 bridgehead atoms. The van der Waals surface area contributed by atoms with Gasteiger partial charge >= 0.3 is 0 Å². The maximum atomic E-state index is 5.95. The smallest absolute Gasteiger partial charge is 0.0596 e. The van der Waals surface area contributed by atoms with E-state index < -0.39 is 0 Å². The van der Waals surface area contributed by atoms with Crippen LogP contribution in [0.4, 0.5) is 5.69 Å². The van der Waals surface area contributed by atoms with E-state index in [9.17, 15) is 0 Å². The van der Waals surface area contributed by atoms with Gasteiger partial charge in [0.15, 0.2) is 0 Å². The van der Waals surface area contributed by atoms with Crippen molar-refractivity contribution in [2.75, 3.05) is 5.73 Å². The first-order valence-electron chi connectivity index (χ1n) is 5.23. The van der Waals surface area contributed by atoms with E-state index in [-0.39, 0.29) is 0 Å². The van der Waals surface area contributed by atoms with Gasteiger partial charge in [-0.2, -0.15) is 5.10 Å². The van der Waals surface area contributed by atoms with Gasteiger partial charge in [-0.3, -0.25) is 4.68 Å². The third kappa shape index (κ3) is 2.96. The molecule has 3 nitrogen and oxygen atoms in total. The lowest BCUT2D eigenvalue weighted by molar-refractivity contribution is 0.727. The Morgan fingerprint density at radius 1 is 1.41 bits per heavy atom. The molecule has 0 aliphatic rings. The van der Waals surface area contributed by atoms with Gasteiger partial charge in [0, 0.05) is 34.1 Å². The van der Waals surface area contributed by atoms with Crippen LogP contribution < -0.4 is 5.73 Å². The average molecular weight is 268 g/mol. The van der Waals surface area contributed by atoms with E-state index in [1.54, 1.807) is 17.8 Å². The van der Waals surface area contributed by atoms with E-state index in [0.717, 1.165) is 22.0 Å². The van der Waals surface area contributed by atoms with Crippen molar-refractivity contribution in [3.63, 3.8) is 0 Å². The van der Waals surface area contributed by atoms with Gasteiger partial charge in [0.05, 0.1) is 5.69 Å². The lowest BCUT2D eigenvalue weighted by Crippen LogP contribution is -1.96. The molecule has 17 heavy (non-hydrogen) atoms. The molecule has 1 aromatic heterocycles. The summed E-state index contributed by atoms with van der Waals surface area (Å²) < 4.78 is 1.89. The fourth-order valence-corrected chi connectivity index (χ4v) is 2.84. The summed E-state index contributed by atoms with van der Waals surface area (Å²) in [6, 6.07) is 7.60. The van der Waals surface area contributed by atoms with Crippen LogP contribution in [0.25, 0.3) is 0 Å². The Balaban J connectivity index is 2.12. The van der Waals surface area contributed by atoms with Crippen LogP contribution >= 0.6 is 23.4 Å². The summed E-state index contributed by atoms with van der Waals surface area (Å²) in [5.74, 6) is 0.835. The third-order valence-corrected chi connectivity index (χ3v) is 3.79. The van der Waals surface area contributed by atoms with Gasteiger partial charge < -0.3 is 5.73 Å². The van der Waals surface area contributed by atoms with E-state index in [4.69, 9.17) is 17.3 Å². The summed E-state index contributed by atoms with van der Waals surface area (Å²) in [6.45, 7) is 1.99. The SMILES string of the molecule is Cc1cc(CSc2cc(Cl)ccc2N)n(C)n1. The molecule has 0 aliphatic carbocycles. The summed E-state index contributed by atoms with van der Waals surface area (Å²) in [5.41, 5.74) is 8.86. The number of nitrogen functional groups attached to an aromatic ring is 1. The topological polar surface area (TPSA) is 43.8 Å². The fourth-order valence-electron chi connectivity index (χ4n) is 1.58. The Kier molecular flexibility index (Phi) is 3.64. The van der Waals surface area contributed by atoms with E-state index in [0.29, 0.717) is 5.02 Å². The minimum absolute atomic E-state index is 0.711. The van der Waals surface area contributed by atoms with Crippen LogP contribution in [0, 0.1) is 6.92 Å². The number of aryl methyl sites for hydroxylation is 2. The Hall–Kier alpha value is -1.13. The number of anilines is 1. The van der Waals surface area contributed by atoms with Crippen LogP contribution in [0.1, 0.15) is 11.4 Å². The first-order valence-corrected chi connectivity index (χ1v) is 6.60. The summed E-state index contributed by atoms with van der Waals surface area (Å²) >= 11 is 7.62.